The summed E-state index contributed by atoms with van der Waals surface area (Å²) >= 11 is 0. The Hall–Kier alpha value is -5.54. The molecule has 0 fully saturated rings. The fourth-order valence-electron chi connectivity index (χ4n) is 5.43. The van der Waals surface area contributed by atoms with Gasteiger partial charge in [-0.1, -0.05) is 42.5 Å². The largest absolute Gasteiger partial charge is 0.487 e. The van der Waals surface area contributed by atoms with Crippen LogP contribution in [0.15, 0.2) is 103 Å². The Balaban J connectivity index is 1.20. The second-order valence-electron chi connectivity index (χ2n) is 11.3. The van der Waals surface area contributed by atoms with Crippen LogP contribution in [-0.4, -0.2) is 57.2 Å². The van der Waals surface area contributed by atoms with E-state index in [0.717, 1.165) is 74.4 Å². The van der Waals surface area contributed by atoms with Crippen molar-refractivity contribution in [2.24, 2.45) is 0 Å². The van der Waals surface area contributed by atoms with Crippen LogP contribution in [0.2, 0.25) is 0 Å². The Labute approximate surface area is 259 Å². The zero-order chi connectivity index (χ0) is 30.8. The van der Waals surface area contributed by atoms with E-state index >= 15 is 0 Å². The van der Waals surface area contributed by atoms with Crippen LogP contribution in [0.25, 0.3) is 55.7 Å². The SMILES string of the molecule is CN(C)CCNc1cc(F)cc(-c2cccc3[nH]c(-c4n[nH]c5ccc(-c6cncc(OCc7ccccc7)c6)nc45)cc23)c1. The molecule has 4 heterocycles. The van der Waals surface area contributed by atoms with Crippen molar-refractivity contribution in [2.45, 2.75) is 6.61 Å². The molecule has 0 saturated heterocycles. The van der Waals surface area contributed by atoms with Gasteiger partial charge in [0.15, 0.2) is 0 Å². The first-order valence-corrected chi connectivity index (χ1v) is 14.8. The first-order valence-electron chi connectivity index (χ1n) is 14.8. The standard InChI is InChI=1S/C36H32FN7O/c1-44(2)14-13-39-27-16-24(15-26(37)18-27)29-9-6-10-32-30(29)19-34(40-32)36-35-33(42-43-36)12-11-31(41-35)25-17-28(21-38-20-25)45-22-23-7-4-3-5-8-23/h3-12,15-21,39-40H,13-14,22H2,1-2H3,(H,42,43). The highest BCUT2D eigenvalue weighted by Crippen LogP contribution is 2.35. The molecule has 0 aliphatic heterocycles. The Kier molecular flexibility index (Phi) is 7.67. The molecule has 0 atom stereocenters. The minimum absolute atomic E-state index is 0.285. The number of halogens is 1. The molecule has 7 aromatic rings. The van der Waals surface area contributed by atoms with Crippen molar-refractivity contribution in [1.29, 1.82) is 0 Å². The lowest BCUT2D eigenvalue weighted by atomic mass is 10.0. The molecule has 9 heteroatoms. The fraction of sp³-hybridized carbons (Fsp3) is 0.139. The second-order valence-corrected chi connectivity index (χ2v) is 11.3. The number of benzene rings is 3. The van der Waals surface area contributed by atoms with E-state index in [1.165, 1.54) is 6.07 Å². The lowest BCUT2D eigenvalue weighted by Crippen LogP contribution is -2.20. The number of hydrogen-bond acceptors (Lipinski definition) is 6. The van der Waals surface area contributed by atoms with E-state index in [-0.39, 0.29) is 5.82 Å². The molecule has 3 aromatic carbocycles. The molecule has 45 heavy (non-hydrogen) atoms. The number of pyridine rings is 2. The fourth-order valence-corrected chi connectivity index (χ4v) is 5.43. The molecule has 8 nitrogen and oxygen atoms in total. The van der Waals surface area contributed by atoms with Crippen LogP contribution in [0.5, 0.6) is 5.75 Å². The van der Waals surface area contributed by atoms with E-state index in [9.17, 15) is 4.39 Å². The summed E-state index contributed by atoms with van der Waals surface area (Å²) in [5, 5.41) is 12.0. The highest BCUT2D eigenvalue weighted by molar-refractivity contribution is 6.00. The Morgan fingerprint density at radius 3 is 2.62 bits per heavy atom. The van der Waals surface area contributed by atoms with Crippen molar-refractivity contribution in [3.05, 3.63) is 115 Å². The number of nitrogens with one attached hydrogen (secondary N) is 3. The van der Waals surface area contributed by atoms with Gasteiger partial charge in [-0.15, -0.1) is 0 Å². The van der Waals surface area contributed by atoms with Gasteiger partial charge in [0.25, 0.3) is 0 Å². The van der Waals surface area contributed by atoms with Crippen LogP contribution in [0.1, 0.15) is 5.56 Å². The molecule has 0 radical (unpaired) electrons. The number of aromatic amines is 2. The predicted molar refractivity (Wildman–Crippen MR) is 178 cm³/mol. The van der Waals surface area contributed by atoms with Gasteiger partial charge in [-0.25, -0.2) is 9.37 Å². The number of rotatable bonds is 10. The summed E-state index contributed by atoms with van der Waals surface area (Å²) in [5.74, 6) is 0.383. The monoisotopic (exact) mass is 597 g/mol. The maximum absolute atomic E-state index is 14.7. The van der Waals surface area contributed by atoms with Crippen LogP contribution in [0, 0.1) is 5.82 Å². The Bertz CT molecular complexity index is 2100. The van der Waals surface area contributed by atoms with Crippen molar-refractivity contribution < 1.29 is 9.13 Å². The number of aromatic nitrogens is 5. The third kappa shape index (κ3) is 6.11. The van der Waals surface area contributed by atoms with Crippen LogP contribution < -0.4 is 10.1 Å². The summed E-state index contributed by atoms with van der Waals surface area (Å²) in [6.07, 6.45) is 3.48. The molecule has 0 aliphatic carbocycles. The zero-order valence-electron chi connectivity index (χ0n) is 25.0. The van der Waals surface area contributed by atoms with E-state index in [2.05, 4.69) is 36.4 Å². The molecule has 0 unspecified atom stereocenters. The van der Waals surface area contributed by atoms with Crippen molar-refractivity contribution >= 4 is 27.6 Å². The quantitative estimate of drug-likeness (QED) is 0.151. The van der Waals surface area contributed by atoms with Crippen LogP contribution >= 0.6 is 0 Å². The van der Waals surface area contributed by atoms with Crippen LogP contribution in [-0.2, 0) is 6.61 Å². The highest BCUT2D eigenvalue weighted by Gasteiger charge is 2.16. The van der Waals surface area contributed by atoms with Crippen LogP contribution in [0.3, 0.4) is 0 Å². The van der Waals surface area contributed by atoms with Crippen molar-refractivity contribution in [2.75, 3.05) is 32.5 Å². The molecule has 0 saturated carbocycles. The number of anilines is 1. The Morgan fingerprint density at radius 1 is 0.867 bits per heavy atom. The van der Waals surface area contributed by atoms with Crippen molar-refractivity contribution in [1.82, 2.24) is 30.0 Å². The van der Waals surface area contributed by atoms with E-state index in [1.807, 2.05) is 86.9 Å². The average Bonchev–Trinajstić information content (AvgIpc) is 3.68. The summed E-state index contributed by atoms with van der Waals surface area (Å²) in [4.78, 5) is 15.0. The van der Waals surface area contributed by atoms with Gasteiger partial charge in [0.2, 0.25) is 0 Å². The lowest BCUT2D eigenvalue weighted by molar-refractivity contribution is 0.305. The highest BCUT2D eigenvalue weighted by atomic mass is 19.1. The van der Waals surface area contributed by atoms with E-state index in [4.69, 9.17) is 9.72 Å². The lowest BCUT2D eigenvalue weighted by Gasteiger charge is -2.13. The van der Waals surface area contributed by atoms with Gasteiger partial charge in [-0.2, -0.15) is 5.10 Å². The first-order chi connectivity index (χ1) is 22.0. The van der Waals surface area contributed by atoms with Gasteiger partial charge >= 0.3 is 0 Å². The minimum Gasteiger partial charge on any atom is -0.487 e. The normalized spacial score (nSPS) is 11.5. The number of hydrogen-bond donors (Lipinski definition) is 3. The molecule has 0 amide bonds. The zero-order valence-corrected chi connectivity index (χ0v) is 25.0. The summed E-state index contributed by atoms with van der Waals surface area (Å²) in [6.45, 7) is 2.02. The summed E-state index contributed by atoms with van der Waals surface area (Å²) in [7, 11) is 4.03. The minimum atomic E-state index is -0.285. The van der Waals surface area contributed by atoms with Gasteiger partial charge in [0, 0.05) is 41.4 Å². The van der Waals surface area contributed by atoms with Crippen molar-refractivity contribution in [3.8, 4) is 39.5 Å². The number of H-pyrrole nitrogens is 2. The number of fused-ring (bicyclic) bond motifs is 2. The molecule has 7 rings (SSSR count). The predicted octanol–water partition coefficient (Wildman–Crippen LogP) is 7.53. The summed E-state index contributed by atoms with van der Waals surface area (Å²) in [6, 6.07) is 29.0. The van der Waals surface area contributed by atoms with E-state index in [1.54, 1.807) is 18.5 Å². The molecular weight excluding hydrogens is 565 g/mol. The number of ether oxygens (including phenoxy) is 1. The molecule has 224 valence electrons. The van der Waals surface area contributed by atoms with Crippen molar-refractivity contribution in [3.63, 3.8) is 0 Å². The van der Waals surface area contributed by atoms with E-state index < -0.39 is 0 Å². The van der Waals surface area contributed by atoms with Gasteiger partial charge in [-0.05, 0) is 79.3 Å². The molecule has 4 aromatic heterocycles. The summed E-state index contributed by atoms with van der Waals surface area (Å²) in [5.41, 5.74) is 9.14. The second kappa shape index (κ2) is 12.2. The number of nitrogens with zero attached hydrogens (tertiary/aromatic N) is 4. The Morgan fingerprint density at radius 2 is 1.76 bits per heavy atom. The summed E-state index contributed by atoms with van der Waals surface area (Å²) < 4.78 is 20.7. The molecule has 0 bridgehead atoms. The van der Waals surface area contributed by atoms with Gasteiger partial charge in [-0.3, -0.25) is 10.1 Å². The molecule has 3 N–H and O–H groups in total. The first kappa shape index (κ1) is 28.2. The smallest absolute Gasteiger partial charge is 0.138 e. The van der Waals surface area contributed by atoms with Crippen LogP contribution in [0.4, 0.5) is 10.1 Å². The molecule has 0 spiro atoms. The van der Waals surface area contributed by atoms with Gasteiger partial charge in [0.1, 0.15) is 29.4 Å². The van der Waals surface area contributed by atoms with Gasteiger partial charge in [0.05, 0.1) is 23.1 Å². The third-order valence-electron chi connectivity index (χ3n) is 7.68. The topological polar surface area (TPSA) is 94.8 Å². The maximum atomic E-state index is 14.7. The molecule has 0 aliphatic rings. The van der Waals surface area contributed by atoms with E-state index in [0.29, 0.717) is 18.1 Å². The third-order valence-corrected chi connectivity index (χ3v) is 7.68. The maximum Gasteiger partial charge on any atom is 0.138 e. The van der Waals surface area contributed by atoms with Gasteiger partial charge < -0.3 is 19.9 Å². The average molecular weight is 598 g/mol. The number of likely N-dealkylation sites (N-methyl/N-ethyl adjacent to an activating group) is 1. The molecular formula is C36H32FN7O.